The van der Waals surface area contributed by atoms with Gasteiger partial charge in [0.2, 0.25) is 0 Å². The van der Waals surface area contributed by atoms with E-state index in [0.717, 1.165) is 38.2 Å². The number of nitrogens with zero attached hydrogens (tertiary/aromatic N) is 2. The fourth-order valence-corrected chi connectivity index (χ4v) is 2.11. The van der Waals surface area contributed by atoms with Gasteiger partial charge in [-0.25, -0.2) is 4.98 Å². The third kappa shape index (κ3) is 4.90. The molecule has 1 aromatic rings. The number of aryl methyl sites for hydroxylation is 1. The first-order valence-electron chi connectivity index (χ1n) is 5.73. The van der Waals surface area contributed by atoms with E-state index in [1.54, 1.807) is 6.26 Å². The standard InChI is InChI=1S/C11H21N3OS/c1-3-6-14-10-13-9-11(14)8-12-5-4-7-16(2)15/h9-10,12H,3-8H2,1-2H3. The van der Waals surface area contributed by atoms with Gasteiger partial charge in [-0.15, -0.1) is 0 Å². The van der Waals surface area contributed by atoms with Crippen LogP contribution in [-0.4, -0.2) is 32.3 Å². The molecule has 5 heteroatoms. The van der Waals surface area contributed by atoms with Crippen molar-refractivity contribution in [2.75, 3.05) is 18.6 Å². The van der Waals surface area contributed by atoms with Crippen molar-refractivity contribution >= 4 is 10.8 Å². The maximum absolute atomic E-state index is 10.8. The van der Waals surface area contributed by atoms with E-state index in [9.17, 15) is 4.21 Å². The lowest BCUT2D eigenvalue weighted by atomic mass is 10.4. The van der Waals surface area contributed by atoms with Gasteiger partial charge in [0.15, 0.2) is 0 Å². The molecule has 1 heterocycles. The van der Waals surface area contributed by atoms with Gasteiger partial charge in [-0.1, -0.05) is 6.92 Å². The minimum Gasteiger partial charge on any atom is -0.333 e. The summed E-state index contributed by atoms with van der Waals surface area (Å²) in [6.45, 7) is 4.94. The Labute approximate surface area is 99.9 Å². The molecule has 1 atom stereocenters. The van der Waals surface area contributed by atoms with E-state index >= 15 is 0 Å². The highest BCUT2D eigenvalue weighted by Gasteiger charge is 2.00. The summed E-state index contributed by atoms with van der Waals surface area (Å²) in [5, 5.41) is 3.35. The molecular weight excluding hydrogens is 222 g/mol. The van der Waals surface area contributed by atoms with Crippen LogP contribution in [0.2, 0.25) is 0 Å². The van der Waals surface area contributed by atoms with Crippen molar-refractivity contribution in [3.63, 3.8) is 0 Å². The Morgan fingerprint density at radius 2 is 2.38 bits per heavy atom. The maximum Gasteiger partial charge on any atom is 0.0948 e. The van der Waals surface area contributed by atoms with E-state index in [1.165, 1.54) is 5.69 Å². The number of aromatic nitrogens is 2. The van der Waals surface area contributed by atoms with Gasteiger partial charge in [0.1, 0.15) is 0 Å². The molecule has 1 aromatic heterocycles. The Morgan fingerprint density at radius 1 is 1.56 bits per heavy atom. The van der Waals surface area contributed by atoms with Crippen molar-refractivity contribution in [2.24, 2.45) is 0 Å². The molecule has 1 rings (SSSR count). The molecule has 0 bridgehead atoms. The summed E-state index contributed by atoms with van der Waals surface area (Å²) in [6.07, 6.45) is 7.61. The smallest absolute Gasteiger partial charge is 0.0948 e. The van der Waals surface area contributed by atoms with Crippen molar-refractivity contribution in [2.45, 2.75) is 32.9 Å². The second-order valence-electron chi connectivity index (χ2n) is 3.89. The van der Waals surface area contributed by atoms with Crippen LogP contribution in [0.3, 0.4) is 0 Å². The third-order valence-electron chi connectivity index (χ3n) is 2.35. The van der Waals surface area contributed by atoms with Gasteiger partial charge in [-0.05, 0) is 19.4 Å². The largest absolute Gasteiger partial charge is 0.333 e. The minimum absolute atomic E-state index is 0.671. The minimum atomic E-state index is -0.671. The van der Waals surface area contributed by atoms with Gasteiger partial charge >= 0.3 is 0 Å². The Bertz CT molecular complexity index is 325. The normalized spacial score (nSPS) is 12.9. The van der Waals surface area contributed by atoms with E-state index in [4.69, 9.17) is 0 Å². The molecule has 4 nitrogen and oxygen atoms in total. The Hall–Kier alpha value is -0.680. The van der Waals surface area contributed by atoms with Gasteiger partial charge in [0.05, 0.1) is 12.0 Å². The lowest BCUT2D eigenvalue weighted by Gasteiger charge is -2.07. The molecule has 0 saturated carbocycles. The summed E-state index contributed by atoms with van der Waals surface area (Å²) in [4.78, 5) is 4.14. The molecule has 1 unspecified atom stereocenters. The van der Waals surface area contributed by atoms with Crippen LogP contribution in [0.5, 0.6) is 0 Å². The number of hydrogen-bond acceptors (Lipinski definition) is 3. The fourth-order valence-electron chi connectivity index (χ4n) is 1.55. The fraction of sp³-hybridized carbons (Fsp3) is 0.727. The van der Waals surface area contributed by atoms with Crippen LogP contribution in [0.15, 0.2) is 12.5 Å². The Morgan fingerprint density at radius 3 is 3.06 bits per heavy atom. The molecule has 0 saturated heterocycles. The van der Waals surface area contributed by atoms with Crippen molar-refractivity contribution in [1.29, 1.82) is 0 Å². The van der Waals surface area contributed by atoms with Crippen molar-refractivity contribution in [3.05, 3.63) is 18.2 Å². The summed E-state index contributed by atoms with van der Waals surface area (Å²) in [7, 11) is -0.671. The van der Waals surface area contributed by atoms with Gasteiger partial charge in [-0.3, -0.25) is 4.21 Å². The maximum atomic E-state index is 10.8. The van der Waals surface area contributed by atoms with E-state index in [0.29, 0.717) is 0 Å². The van der Waals surface area contributed by atoms with Crippen LogP contribution in [0, 0.1) is 0 Å². The molecule has 0 spiro atoms. The topological polar surface area (TPSA) is 46.9 Å². The number of imidazole rings is 1. The van der Waals surface area contributed by atoms with Crippen molar-refractivity contribution < 1.29 is 4.21 Å². The number of nitrogens with one attached hydrogen (secondary N) is 1. The Kier molecular flexibility index (Phi) is 6.33. The zero-order valence-corrected chi connectivity index (χ0v) is 10.9. The summed E-state index contributed by atoms with van der Waals surface area (Å²) in [5.41, 5.74) is 1.22. The molecule has 0 aliphatic rings. The highest BCUT2D eigenvalue weighted by Crippen LogP contribution is 2.00. The van der Waals surface area contributed by atoms with Gasteiger partial charge in [0.25, 0.3) is 0 Å². The highest BCUT2D eigenvalue weighted by atomic mass is 32.2. The molecule has 0 aliphatic heterocycles. The second kappa shape index (κ2) is 7.57. The van der Waals surface area contributed by atoms with Crippen LogP contribution in [0.4, 0.5) is 0 Å². The molecule has 16 heavy (non-hydrogen) atoms. The number of hydrogen-bond donors (Lipinski definition) is 1. The van der Waals surface area contributed by atoms with Gasteiger partial charge < -0.3 is 9.88 Å². The zero-order chi connectivity index (χ0) is 11.8. The second-order valence-corrected chi connectivity index (χ2v) is 5.44. The molecule has 0 radical (unpaired) electrons. The molecule has 0 fully saturated rings. The molecule has 1 N–H and O–H groups in total. The van der Waals surface area contributed by atoms with Crippen molar-refractivity contribution in [3.8, 4) is 0 Å². The third-order valence-corrected chi connectivity index (χ3v) is 3.22. The summed E-state index contributed by atoms with van der Waals surface area (Å²) >= 11 is 0. The van der Waals surface area contributed by atoms with Crippen LogP contribution in [0.25, 0.3) is 0 Å². The monoisotopic (exact) mass is 243 g/mol. The molecular formula is C11H21N3OS. The van der Waals surface area contributed by atoms with Gasteiger partial charge in [0, 0.05) is 42.1 Å². The predicted octanol–water partition coefficient (Wildman–Crippen LogP) is 1.15. The summed E-state index contributed by atoms with van der Waals surface area (Å²) < 4.78 is 13.0. The first-order valence-corrected chi connectivity index (χ1v) is 7.46. The molecule has 0 amide bonds. The molecule has 0 aliphatic carbocycles. The lowest BCUT2D eigenvalue weighted by molar-refractivity contribution is 0.598. The summed E-state index contributed by atoms with van der Waals surface area (Å²) in [5.74, 6) is 0.779. The van der Waals surface area contributed by atoms with Crippen molar-refractivity contribution in [1.82, 2.24) is 14.9 Å². The van der Waals surface area contributed by atoms with Crippen LogP contribution in [-0.2, 0) is 23.9 Å². The van der Waals surface area contributed by atoms with E-state index < -0.39 is 10.8 Å². The first-order chi connectivity index (χ1) is 7.74. The van der Waals surface area contributed by atoms with Gasteiger partial charge in [-0.2, -0.15) is 0 Å². The molecule has 92 valence electrons. The van der Waals surface area contributed by atoms with Crippen LogP contribution in [0.1, 0.15) is 25.5 Å². The number of rotatable bonds is 8. The predicted molar refractivity (Wildman–Crippen MR) is 67.8 cm³/mol. The van der Waals surface area contributed by atoms with E-state index in [1.807, 2.05) is 12.5 Å². The Balaban J connectivity index is 2.21. The zero-order valence-electron chi connectivity index (χ0n) is 10.1. The molecule has 0 aromatic carbocycles. The average Bonchev–Trinajstić information content (AvgIpc) is 2.65. The summed E-state index contributed by atoms with van der Waals surface area (Å²) in [6, 6.07) is 0. The average molecular weight is 243 g/mol. The van der Waals surface area contributed by atoms with Crippen LogP contribution < -0.4 is 5.32 Å². The van der Waals surface area contributed by atoms with Crippen LogP contribution >= 0.6 is 0 Å². The van der Waals surface area contributed by atoms with E-state index in [-0.39, 0.29) is 0 Å². The SMILES string of the molecule is CCCn1cncc1CNCCCS(C)=O. The van der Waals surface area contributed by atoms with E-state index in [2.05, 4.69) is 21.8 Å². The highest BCUT2D eigenvalue weighted by molar-refractivity contribution is 7.84. The quantitative estimate of drug-likeness (QED) is 0.697. The lowest BCUT2D eigenvalue weighted by Crippen LogP contribution is -2.18. The first kappa shape index (κ1) is 13.4.